The number of nitriles is 1. The molecule has 3 rings (SSSR count). The second kappa shape index (κ2) is 10.7. The average molecular weight is 476 g/mol. The van der Waals surface area contributed by atoms with Gasteiger partial charge in [-0.1, -0.05) is 17.8 Å². The zero-order valence-corrected chi connectivity index (χ0v) is 18.9. The smallest absolute Gasteiger partial charge is 0.348 e. The standard InChI is InChI=1S/C18H17N7O3S3/c1-3-28-16(27)14-10(2)12(7-19)15(31-14)21-13(26)9-30-18-22-17(24-25-18)23-20-8-11-5-4-6-29-11/h4-6,8H,3,9H2,1-2H3,(H,21,26)(H2,22,23,24,25)/b20-8+. The van der Waals surface area contributed by atoms with Gasteiger partial charge < -0.3 is 10.1 Å². The molecule has 1 amide bonds. The number of H-pyrrole nitrogens is 1. The maximum absolute atomic E-state index is 12.3. The van der Waals surface area contributed by atoms with Crippen molar-refractivity contribution in [3.63, 3.8) is 0 Å². The zero-order chi connectivity index (χ0) is 22.2. The van der Waals surface area contributed by atoms with E-state index in [-0.39, 0.29) is 23.8 Å². The molecule has 0 bridgehead atoms. The lowest BCUT2D eigenvalue weighted by atomic mass is 10.2. The van der Waals surface area contributed by atoms with E-state index >= 15 is 0 Å². The Balaban J connectivity index is 1.55. The molecule has 0 spiro atoms. The molecule has 0 saturated heterocycles. The molecule has 0 atom stereocenters. The molecule has 3 aromatic rings. The van der Waals surface area contributed by atoms with Gasteiger partial charge in [-0.3, -0.25) is 4.79 Å². The minimum atomic E-state index is -0.515. The SMILES string of the molecule is CCOC(=O)c1sc(NC(=O)CSc2n[nH]c(N/N=C/c3cccs3)n2)c(C#N)c1C. The van der Waals surface area contributed by atoms with Crippen LogP contribution in [-0.2, 0) is 9.53 Å². The second-order valence-corrected chi connectivity index (χ2v) is 8.72. The lowest BCUT2D eigenvalue weighted by Gasteiger charge is -2.01. The van der Waals surface area contributed by atoms with E-state index in [2.05, 4.69) is 31.0 Å². The second-order valence-electron chi connectivity index (χ2n) is 5.78. The summed E-state index contributed by atoms with van der Waals surface area (Å²) in [6, 6.07) is 5.88. The van der Waals surface area contributed by atoms with Crippen molar-refractivity contribution in [1.82, 2.24) is 15.2 Å². The molecular weight excluding hydrogens is 458 g/mol. The first-order valence-electron chi connectivity index (χ1n) is 8.90. The number of carbonyl (C=O) groups is 2. The van der Waals surface area contributed by atoms with Crippen molar-refractivity contribution in [2.45, 2.75) is 19.0 Å². The summed E-state index contributed by atoms with van der Waals surface area (Å²) in [5.74, 6) is -0.505. The summed E-state index contributed by atoms with van der Waals surface area (Å²) in [7, 11) is 0. The summed E-state index contributed by atoms with van der Waals surface area (Å²) >= 11 is 3.69. The molecule has 0 aliphatic rings. The molecule has 0 saturated carbocycles. The van der Waals surface area contributed by atoms with Crippen molar-refractivity contribution in [1.29, 1.82) is 5.26 Å². The van der Waals surface area contributed by atoms with Crippen LogP contribution in [0.5, 0.6) is 0 Å². The normalized spacial score (nSPS) is 10.7. The number of nitrogens with one attached hydrogen (secondary N) is 3. The lowest BCUT2D eigenvalue weighted by molar-refractivity contribution is -0.113. The highest BCUT2D eigenvalue weighted by molar-refractivity contribution is 7.99. The highest BCUT2D eigenvalue weighted by atomic mass is 32.2. The Morgan fingerprint density at radius 3 is 3.03 bits per heavy atom. The van der Waals surface area contributed by atoms with Crippen molar-refractivity contribution in [2.75, 3.05) is 23.1 Å². The molecule has 0 aliphatic heterocycles. The van der Waals surface area contributed by atoms with Crippen LogP contribution >= 0.6 is 34.4 Å². The van der Waals surface area contributed by atoms with Gasteiger partial charge in [-0.05, 0) is 30.9 Å². The Morgan fingerprint density at radius 2 is 2.32 bits per heavy atom. The summed E-state index contributed by atoms with van der Waals surface area (Å²) < 4.78 is 4.99. The first kappa shape index (κ1) is 22.5. The number of thiophene rings is 2. The average Bonchev–Trinajstić information content (AvgIpc) is 3.48. The third kappa shape index (κ3) is 5.91. The molecule has 0 unspecified atom stereocenters. The van der Waals surface area contributed by atoms with E-state index in [1.165, 1.54) is 0 Å². The monoisotopic (exact) mass is 475 g/mol. The number of hydrogen-bond donors (Lipinski definition) is 3. The Bertz CT molecular complexity index is 1130. The van der Waals surface area contributed by atoms with Gasteiger partial charge in [-0.15, -0.1) is 27.8 Å². The predicted molar refractivity (Wildman–Crippen MR) is 121 cm³/mol. The van der Waals surface area contributed by atoms with Gasteiger partial charge in [-0.25, -0.2) is 15.3 Å². The first-order chi connectivity index (χ1) is 15.0. The molecule has 0 aromatic carbocycles. The van der Waals surface area contributed by atoms with Gasteiger partial charge in [0.2, 0.25) is 17.0 Å². The van der Waals surface area contributed by atoms with Gasteiger partial charge in [0.05, 0.1) is 24.1 Å². The Morgan fingerprint density at radius 1 is 1.48 bits per heavy atom. The molecule has 160 valence electrons. The van der Waals surface area contributed by atoms with E-state index in [0.29, 0.717) is 26.5 Å². The van der Waals surface area contributed by atoms with Crippen LogP contribution in [0.1, 0.15) is 32.6 Å². The van der Waals surface area contributed by atoms with E-state index < -0.39 is 5.97 Å². The lowest BCUT2D eigenvalue weighted by Crippen LogP contribution is -2.14. The largest absolute Gasteiger partial charge is 0.462 e. The molecule has 10 nitrogen and oxygen atoms in total. The summed E-state index contributed by atoms with van der Waals surface area (Å²) in [4.78, 5) is 29.8. The summed E-state index contributed by atoms with van der Waals surface area (Å²) in [6.07, 6.45) is 1.66. The molecule has 3 N–H and O–H groups in total. The first-order valence-corrected chi connectivity index (χ1v) is 11.6. The number of ether oxygens (including phenoxy) is 1. The van der Waals surface area contributed by atoms with Crippen molar-refractivity contribution < 1.29 is 14.3 Å². The van der Waals surface area contributed by atoms with Crippen molar-refractivity contribution in [3.8, 4) is 6.07 Å². The number of esters is 1. The van der Waals surface area contributed by atoms with E-state index in [1.54, 1.807) is 31.4 Å². The van der Waals surface area contributed by atoms with Gasteiger partial charge in [0.15, 0.2) is 0 Å². The van der Waals surface area contributed by atoms with Crippen LogP contribution in [0.4, 0.5) is 10.9 Å². The highest BCUT2D eigenvalue weighted by Gasteiger charge is 2.22. The topological polar surface area (TPSA) is 145 Å². The third-order valence-corrected chi connectivity index (χ3v) is 6.52. The maximum atomic E-state index is 12.3. The fraction of sp³-hybridized carbons (Fsp3) is 0.222. The third-order valence-electron chi connectivity index (χ3n) is 3.68. The number of carbonyl (C=O) groups excluding carboxylic acids is 2. The van der Waals surface area contributed by atoms with Gasteiger partial charge in [0, 0.05) is 4.88 Å². The van der Waals surface area contributed by atoms with Crippen LogP contribution in [0.15, 0.2) is 27.8 Å². The van der Waals surface area contributed by atoms with E-state index in [9.17, 15) is 14.9 Å². The fourth-order valence-electron chi connectivity index (χ4n) is 2.30. The van der Waals surface area contributed by atoms with Crippen LogP contribution in [0.3, 0.4) is 0 Å². The van der Waals surface area contributed by atoms with Crippen molar-refractivity contribution in [3.05, 3.63) is 38.4 Å². The van der Waals surface area contributed by atoms with E-state index in [0.717, 1.165) is 28.0 Å². The molecule has 31 heavy (non-hydrogen) atoms. The number of hydrazone groups is 1. The van der Waals surface area contributed by atoms with Gasteiger partial charge >= 0.3 is 5.97 Å². The highest BCUT2D eigenvalue weighted by Crippen LogP contribution is 2.33. The number of anilines is 2. The number of thioether (sulfide) groups is 1. The van der Waals surface area contributed by atoms with Gasteiger partial charge in [-0.2, -0.15) is 15.3 Å². The molecule has 0 aliphatic carbocycles. The van der Waals surface area contributed by atoms with Crippen LogP contribution < -0.4 is 10.7 Å². The molecule has 13 heteroatoms. The number of nitrogens with zero attached hydrogens (tertiary/aromatic N) is 4. The van der Waals surface area contributed by atoms with Gasteiger partial charge in [0.25, 0.3) is 0 Å². The Labute approximate surface area is 189 Å². The van der Waals surface area contributed by atoms with E-state index in [1.807, 2.05) is 23.6 Å². The number of hydrogen-bond acceptors (Lipinski definition) is 11. The quantitative estimate of drug-likeness (QED) is 0.185. The zero-order valence-electron chi connectivity index (χ0n) is 16.5. The fourth-order valence-corrected chi connectivity index (χ4v) is 4.55. The van der Waals surface area contributed by atoms with E-state index in [4.69, 9.17) is 4.74 Å². The maximum Gasteiger partial charge on any atom is 0.348 e. The van der Waals surface area contributed by atoms with Crippen LogP contribution in [0, 0.1) is 18.3 Å². The molecule has 3 aromatic heterocycles. The number of amides is 1. The molecule has 0 radical (unpaired) electrons. The molecule has 3 heterocycles. The van der Waals surface area contributed by atoms with Crippen molar-refractivity contribution in [2.24, 2.45) is 5.10 Å². The molecule has 0 fully saturated rings. The van der Waals surface area contributed by atoms with Crippen LogP contribution in [-0.4, -0.2) is 45.6 Å². The van der Waals surface area contributed by atoms with Crippen molar-refractivity contribution >= 4 is 63.5 Å². The predicted octanol–water partition coefficient (Wildman–Crippen LogP) is 3.46. The summed E-state index contributed by atoms with van der Waals surface area (Å²) in [5, 5.41) is 25.4. The van der Waals surface area contributed by atoms with Gasteiger partial charge in [0.1, 0.15) is 15.9 Å². The molecular formula is C18H17N7O3S3. The summed E-state index contributed by atoms with van der Waals surface area (Å²) in [5.41, 5.74) is 3.47. The minimum Gasteiger partial charge on any atom is -0.462 e. The Kier molecular flexibility index (Phi) is 7.76. The number of rotatable bonds is 9. The number of aromatic nitrogens is 3. The van der Waals surface area contributed by atoms with Crippen LogP contribution in [0.25, 0.3) is 0 Å². The number of aromatic amines is 1. The minimum absolute atomic E-state index is 0.0202. The van der Waals surface area contributed by atoms with Crippen LogP contribution in [0.2, 0.25) is 0 Å². The summed E-state index contributed by atoms with van der Waals surface area (Å²) in [6.45, 7) is 3.57. The Hall–Kier alpha value is -3.21.